The Morgan fingerprint density at radius 1 is 0.302 bits per heavy atom. The van der Waals surface area contributed by atoms with Gasteiger partial charge in [-0.05, 0) is 38.5 Å². The lowest BCUT2D eigenvalue weighted by molar-refractivity contribution is -0.161. The lowest BCUT2D eigenvalue weighted by atomic mass is 10.0. The van der Waals surface area contributed by atoms with Crippen LogP contribution in [0.5, 0.6) is 0 Å². The molecule has 0 rings (SSSR count). The second-order valence-electron chi connectivity index (χ2n) is 30.1. The number of allylic oxidation sites excluding steroid dienone is 2. The molecule has 0 saturated heterocycles. The normalized spacial score (nSPS) is 12.8. The second-order valence-corrected chi connectivity index (χ2v) is 31.6. The fourth-order valence-corrected chi connectivity index (χ4v) is 14.7. The molecule has 0 radical (unpaired) electrons. The van der Waals surface area contributed by atoms with Crippen LogP contribution in [-0.2, 0) is 32.7 Å². The first-order valence-electron chi connectivity index (χ1n) is 43.7. The van der Waals surface area contributed by atoms with Gasteiger partial charge in [-0.25, -0.2) is 4.57 Å². The third kappa shape index (κ3) is 81.7. The van der Waals surface area contributed by atoms with Crippen molar-refractivity contribution in [1.82, 2.24) is 0 Å². The van der Waals surface area contributed by atoms with Crippen LogP contribution in [-0.4, -0.2) is 49.3 Å². The molecule has 9 nitrogen and oxygen atoms in total. The molecular weight excluding hydrogens is 1210 g/mol. The molecule has 0 aromatic carbocycles. The number of hydrogen-bond acceptors (Lipinski definition) is 8. The van der Waals surface area contributed by atoms with Crippen LogP contribution in [0.4, 0.5) is 0 Å². The zero-order chi connectivity index (χ0) is 69.3. The highest BCUT2D eigenvalue weighted by Crippen LogP contribution is 2.43. The van der Waals surface area contributed by atoms with Gasteiger partial charge in [0.25, 0.3) is 0 Å². The van der Waals surface area contributed by atoms with E-state index in [1.165, 1.54) is 430 Å². The first-order valence-corrected chi connectivity index (χ1v) is 45.2. The fraction of sp³-hybridized carbons (Fsp3) is 0.953. The van der Waals surface area contributed by atoms with Gasteiger partial charge in [0.05, 0.1) is 13.2 Å². The van der Waals surface area contributed by atoms with E-state index < -0.39 is 26.5 Å². The molecule has 0 aliphatic carbocycles. The van der Waals surface area contributed by atoms with Gasteiger partial charge in [0.2, 0.25) is 0 Å². The van der Waals surface area contributed by atoms with Crippen molar-refractivity contribution < 1.29 is 37.6 Å². The van der Waals surface area contributed by atoms with Crippen LogP contribution >= 0.6 is 7.82 Å². The largest absolute Gasteiger partial charge is 0.472 e. The van der Waals surface area contributed by atoms with Gasteiger partial charge >= 0.3 is 19.8 Å². The summed E-state index contributed by atoms with van der Waals surface area (Å²) in [4.78, 5) is 35.5. The third-order valence-corrected chi connectivity index (χ3v) is 21.4. The summed E-state index contributed by atoms with van der Waals surface area (Å²) >= 11 is 0. The van der Waals surface area contributed by atoms with E-state index in [4.69, 9.17) is 24.3 Å². The summed E-state index contributed by atoms with van der Waals surface area (Å²) in [5.41, 5.74) is 5.42. The van der Waals surface area contributed by atoms with Crippen LogP contribution in [0.2, 0.25) is 0 Å². The van der Waals surface area contributed by atoms with Crippen LogP contribution in [0, 0.1) is 0 Å². The van der Waals surface area contributed by atoms with Crippen molar-refractivity contribution in [2.45, 2.75) is 502 Å². The number of hydrogen-bond donors (Lipinski definition) is 2. The average molecular weight is 1380 g/mol. The van der Waals surface area contributed by atoms with Crippen molar-refractivity contribution in [3.8, 4) is 0 Å². The van der Waals surface area contributed by atoms with Crippen molar-refractivity contribution in [1.29, 1.82) is 0 Å². The number of ether oxygens (including phenoxy) is 2. The van der Waals surface area contributed by atoms with E-state index in [1.54, 1.807) is 0 Å². The Labute approximate surface area is 600 Å². The van der Waals surface area contributed by atoms with E-state index in [9.17, 15) is 19.0 Å². The number of rotatable bonds is 85. The molecule has 0 amide bonds. The van der Waals surface area contributed by atoms with Crippen molar-refractivity contribution in [3.05, 3.63) is 12.2 Å². The van der Waals surface area contributed by atoms with Gasteiger partial charge in [-0.15, -0.1) is 0 Å². The van der Waals surface area contributed by atoms with Crippen molar-refractivity contribution in [2.24, 2.45) is 5.73 Å². The molecule has 0 bridgehead atoms. The van der Waals surface area contributed by atoms with Crippen molar-refractivity contribution >= 4 is 19.8 Å². The zero-order valence-electron chi connectivity index (χ0n) is 64.9. The highest BCUT2D eigenvalue weighted by molar-refractivity contribution is 7.47. The van der Waals surface area contributed by atoms with E-state index in [0.29, 0.717) is 6.42 Å². The van der Waals surface area contributed by atoms with Gasteiger partial charge in [0.15, 0.2) is 6.10 Å². The van der Waals surface area contributed by atoms with Gasteiger partial charge in [-0.2, -0.15) is 0 Å². The van der Waals surface area contributed by atoms with Gasteiger partial charge in [0.1, 0.15) is 6.61 Å². The first-order chi connectivity index (χ1) is 47.3. The Hall–Kier alpha value is -1.25. The summed E-state index contributed by atoms with van der Waals surface area (Å²) in [5, 5.41) is 0. The monoisotopic (exact) mass is 1380 g/mol. The SMILES string of the molecule is CCCCCCCCCC/C=C\CCCCCCCCCCCCCCCCCCCCCCCCCC(=O)OC(COC(=O)CCCCCCCCCCCCCCCCCCCCCCCCCCCCCCCCCCCCCCCCCC)COP(=O)(O)OCCN. The Morgan fingerprint density at radius 3 is 0.740 bits per heavy atom. The number of carbonyl (C=O) groups is 2. The van der Waals surface area contributed by atoms with E-state index in [1.807, 2.05) is 0 Å². The molecule has 0 saturated carbocycles. The van der Waals surface area contributed by atoms with Gasteiger partial charge < -0.3 is 20.1 Å². The van der Waals surface area contributed by atoms with Crippen molar-refractivity contribution in [2.75, 3.05) is 26.4 Å². The maximum atomic E-state index is 12.8. The number of nitrogens with two attached hydrogens (primary N) is 1. The molecule has 0 aliphatic rings. The molecule has 0 aromatic heterocycles. The quantitative estimate of drug-likeness (QED) is 0.0264. The summed E-state index contributed by atoms with van der Waals surface area (Å²) in [6, 6.07) is 0. The standard InChI is InChI=1S/C86H170NO8P/c1-3-5-7-9-11-13-15-17-19-21-23-25-27-29-31-33-35-37-39-40-41-42-43-45-46-48-50-52-54-56-58-60-62-64-66-68-70-72-74-76-78-85(88)92-82-84(83-94-96(90,91)93-81-80-87)95-86(89)79-77-75-73-71-69-67-65-63-61-59-57-55-53-51-49-47-44-38-36-34-32-30-28-26-24-22-20-18-16-14-12-10-8-6-4-2/h22,24,84H,3-21,23,25-83,87H2,1-2H3,(H,90,91)/b24-22-. The van der Waals surface area contributed by atoms with E-state index >= 15 is 0 Å². The van der Waals surface area contributed by atoms with E-state index in [2.05, 4.69) is 26.0 Å². The number of phosphoric acid groups is 1. The highest BCUT2D eigenvalue weighted by atomic mass is 31.2. The van der Waals surface area contributed by atoms with E-state index in [-0.39, 0.29) is 38.6 Å². The maximum absolute atomic E-state index is 12.8. The minimum absolute atomic E-state index is 0.0582. The predicted octanol–water partition coefficient (Wildman–Crippen LogP) is 29.4. The Bertz CT molecular complexity index is 1580. The van der Waals surface area contributed by atoms with Gasteiger partial charge in [-0.3, -0.25) is 18.6 Å². The lowest BCUT2D eigenvalue weighted by Crippen LogP contribution is -2.29. The minimum Gasteiger partial charge on any atom is -0.462 e. The number of esters is 2. The number of carbonyl (C=O) groups excluding carboxylic acids is 2. The molecule has 2 atom stereocenters. The predicted molar refractivity (Wildman–Crippen MR) is 418 cm³/mol. The van der Waals surface area contributed by atoms with Crippen LogP contribution in [0.25, 0.3) is 0 Å². The molecule has 0 spiro atoms. The minimum atomic E-state index is -4.39. The molecule has 3 N–H and O–H groups in total. The Balaban J connectivity index is 3.69. The van der Waals surface area contributed by atoms with Crippen molar-refractivity contribution in [3.63, 3.8) is 0 Å². The number of unbranched alkanes of at least 4 members (excludes halogenated alkanes) is 70. The summed E-state index contributed by atoms with van der Waals surface area (Å²) in [6.45, 7) is 3.85. The lowest BCUT2D eigenvalue weighted by Gasteiger charge is -2.19. The van der Waals surface area contributed by atoms with Crippen LogP contribution in [0.3, 0.4) is 0 Å². The van der Waals surface area contributed by atoms with Crippen LogP contribution in [0.15, 0.2) is 12.2 Å². The molecule has 2 unspecified atom stereocenters. The van der Waals surface area contributed by atoms with Crippen LogP contribution in [0.1, 0.15) is 495 Å². The summed E-state index contributed by atoms with van der Waals surface area (Å²) in [6.07, 6.45) is 104. The first kappa shape index (κ1) is 94.8. The molecule has 10 heteroatoms. The third-order valence-electron chi connectivity index (χ3n) is 20.4. The Morgan fingerprint density at radius 2 is 0.510 bits per heavy atom. The fourth-order valence-electron chi connectivity index (χ4n) is 13.9. The molecular formula is C86H170NO8P. The maximum Gasteiger partial charge on any atom is 0.472 e. The number of phosphoric ester groups is 1. The molecule has 0 fully saturated rings. The summed E-state index contributed by atoms with van der Waals surface area (Å²) in [5.74, 6) is -0.794. The van der Waals surface area contributed by atoms with Gasteiger partial charge in [-0.1, -0.05) is 456 Å². The molecule has 0 aromatic rings. The topological polar surface area (TPSA) is 134 Å². The average Bonchev–Trinajstić information content (AvgIpc) is 3.50. The zero-order valence-corrected chi connectivity index (χ0v) is 65.8. The van der Waals surface area contributed by atoms with E-state index in [0.717, 1.165) is 32.1 Å². The molecule has 572 valence electrons. The second kappa shape index (κ2) is 82.7. The summed E-state index contributed by atoms with van der Waals surface area (Å²) < 4.78 is 33.3. The highest BCUT2D eigenvalue weighted by Gasteiger charge is 2.26. The smallest absolute Gasteiger partial charge is 0.462 e. The Kier molecular flexibility index (Phi) is 81.6. The molecule has 96 heavy (non-hydrogen) atoms. The van der Waals surface area contributed by atoms with Crippen LogP contribution < -0.4 is 5.73 Å². The summed E-state index contributed by atoms with van der Waals surface area (Å²) in [7, 11) is -4.39. The molecule has 0 heterocycles. The molecule has 0 aliphatic heterocycles. The van der Waals surface area contributed by atoms with Gasteiger partial charge in [0, 0.05) is 19.4 Å².